The molecule has 8 rings (SSSR count). The van der Waals surface area contributed by atoms with E-state index in [1.54, 1.807) is 0 Å². The van der Waals surface area contributed by atoms with Crippen LogP contribution in [0.5, 0.6) is 0 Å². The zero-order chi connectivity index (χ0) is 23.7. The summed E-state index contributed by atoms with van der Waals surface area (Å²) in [4.78, 5) is 0. The Bertz CT molecular complexity index is 1960. The number of benzene rings is 4. The molecule has 7 aromatic rings. The molecule has 4 aromatic carbocycles. The highest BCUT2D eigenvalue weighted by molar-refractivity contribution is 7.26. The summed E-state index contributed by atoms with van der Waals surface area (Å²) >= 11 is 1.86. The fourth-order valence-corrected chi connectivity index (χ4v) is 7.15. The Hall–Kier alpha value is -3.12. The van der Waals surface area contributed by atoms with E-state index in [-0.39, 0.29) is 11.2 Å². The lowest BCUT2D eigenvalue weighted by atomic mass is 9.78. The lowest BCUT2D eigenvalue weighted by molar-refractivity contribution is 0.00578. The fraction of sp³-hybridized carbons (Fsp3) is 0.200. The third-order valence-corrected chi connectivity index (χ3v) is 9.45. The summed E-state index contributed by atoms with van der Waals surface area (Å²) in [5.41, 5.74) is 4.12. The maximum atomic E-state index is 6.49. The Morgan fingerprint density at radius 3 is 2.11 bits per heavy atom. The van der Waals surface area contributed by atoms with Gasteiger partial charge >= 0.3 is 7.12 Å². The Kier molecular flexibility index (Phi) is 3.65. The smallest absolute Gasteiger partial charge is 0.399 e. The minimum atomic E-state index is -0.390. The monoisotopic (exact) mass is 473 g/mol. The first-order valence-electron chi connectivity index (χ1n) is 12.2. The van der Waals surface area contributed by atoms with E-state index in [0.717, 1.165) is 5.46 Å². The molecule has 0 N–H and O–H groups in total. The quantitative estimate of drug-likeness (QED) is 0.230. The molecule has 4 heterocycles. The number of nitrogens with zero attached hydrogens (tertiary/aromatic N) is 1. The van der Waals surface area contributed by atoms with Gasteiger partial charge in [-0.25, -0.2) is 0 Å². The van der Waals surface area contributed by atoms with Crippen molar-refractivity contribution in [1.82, 2.24) is 4.40 Å². The summed E-state index contributed by atoms with van der Waals surface area (Å²) in [6, 6.07) is 26.8. The van der Waals surface area contributed by atoms with Crippen LogP contribution in [-0.2, 0) is 9.31 Å². The van der Waals surface area contributed by atoms with Crippen molar-refractivity contribution in [3.05, 3.63) is 72.8 Å². The van der Waals surface area contributed by atoms with Gasteiger partial charge in [-0.05, 0) is 62.8 Å². The molecule has 35 heavy (non-hydrogen) atoms. The Balaban J connectivity index is 1.61. The predicted molar refractivity (Wildman–Crippen MR) is 150 cm³/mol. The van der Waals surface area contributed by atoms with Crippen LogP contribution in [-0.4, -0.2) is 22.7 Å². The molecule has 1 fully saturated rings. The second kappa shape index (κ2) is 6.35. The van der Waals surface area contributed by atoms with Gasteiger partial charge in [-0.15, -0.1) is 11.3 Å². The first-order valence-corrected chi connectivity index (χ1v) is 13.0. The van der Waals surface area contributed by atoms with E-state index >= 15 is 0 Å². The number of hydrogen-bond acceptors (Lipinski definition) is 3. The summed E-state index contributed by atoms with van der Waals surface area (Å²) in [6.07, 6.45) is 0. The fourth-order valence-electron chi connectivity index (χ4n) is 5.95. The second-order valence-electron chi connectivity index (χ2n) is 10.8. The van der Waals surface area contributed by atoms with Crippen LogP contribution in [0.15, 0.2) is 72.8 Å². The van der Waals surface area contributed by atoms with Crippen molar-refractivity contribution >= 4 is 82.2 Å². The molecular formula is C30H24BNO2S. The third-order valence-electron chi connectivity index (χ3n) is 8.35. The highest BCUT2D eigenvalue weighted by Crippen LogP contribution is 2.45. The molecule has 0 saturated carbocycles. The highest BCUT2D eigenvalue weighted by atomic mass is 32.1. The molecule has 0 atom stereocenters. The topological polar surface area (TPSA) is 22.9 Å². The Labute approximate surface area is 207 Å². The van der Waals surface area contributed by atoms with Crippen LogP contribution in [0.25, 0.3) is 58.3 Å². The van der Waals surface area contributed by atoms with Crippen molar-refractivity contribution < 1.29 is 9.31 Å². The van der Waals surface area contributed by atoms with Gasteiger partial charge in [-0.3, -0.25) is 0 Å². The van der Waals surface area contributed by atoms with Gasteiger partial charge in [-0.2, -0.15) is 0 Å². The number of hydrogen-bond donors (Lipinski definition) is 0. The van der Waals surface area contributed by atoms with Crippen LogP contribution in [0.3, 0.4) is 0 Å². The lowest BCUT2D eigenvalue weighted by Gasteiger charge is -2.32. The molecule has 0 spiro atoms. The molecule has 170 valence electrons. The molecule has 0 unspecified atom stereocenters. The van der Waals surface area contributed by atoms with Crippen molar-refractivity contribution in [3.63, 3.8) is 0 Å². The standard InChI is InChI=1S/C30H24BNO2S/c1-29(2)30(3,4)34-31(33-29)17-15-21-20-11-7-10-19-18-9-5-6-12-22(18)32(28(19)20)23-13-8-14-24-27(23)26(21)25(16-17)35-24/h5-16H,1-4H3. The average Bonchev–Trinajstić information content (AvgIpc) is 3.41. The minimum absolute atomic E-state index is 0.374. The molecule has 0 bridgehead atoms. The van der Waals surface area contributed by atoms with Gasteiger partial charge in [0.15, 0.2) is 0 Å². The van der Waals surface area contributed by atoms with E-state index in [2.05, 4.69) is 105 Å². The van der Waals surface area contributed by atoms with Crippen LogP contribution in [0.4, 0.5) is 0 Å². The van der Waals surface area contributed by atoms with Gasteiger partial charge in [0.1, 0.15) is 0 Å². The van der Waals surface area contributed by atoms with Crippen LogP contribution < -0.4 is 5.46 Å². The van der Waals surface area contributed by atoms with Crippen LogP contribution in [0, 0.1) is 0 Å². The molecule has 0 aliphatic carbocycles. The largest absolute Gasteiger partial charge is 0.494 e. The van der Waals surface area contributed by atoms with E-state index in [1.165, 1.54) is 58.3 Å². The SMILES string of the molecule is CC1(C)OB(c2cc3sc4cccc5c4c3c(c2)c2cccc3c4ccccc4n5c23)OC1(C)C. The number of fused-ring (bicyclic) bond motifs is 5. The summed E-state index contributed by atoms with van der Waals surface area (Å²) in [7, 11) is -0.390. The van der Waals surface area contributed by atoms with Gasteiger partial charge in [0.05, 0.1) is 27.8 Å². The van der Waals surface area contributed by atoms with Gasteiger partial charge < -0.3 is 13.7 Å². The molecule has 3 aromatic heterocycles. The lowest BCUT2D eigenvalue weighted by Crippen LogP contribution is -2.41. The van der Waals surface area contributed by atoms with Crippen LogP contribution >= 0.6 is 11.3 Å². The van der Waals surface area contributed by atoms with Gasteiger partial charge in [0, 0.05) is 36.3 Å². The van der Waals surface area contributed by atoms with Crippen molar-refractivity contribution in [1.29, 1.82) is 0 Å². The molecule has 3 nitrogen and oxygen atoms in total. The summed E-state index contributed by atoms with van der Waals surface area (Å²) in [6.45, 7) is 8.47. The van der Waals surface area contributed by atoms with E-state index < -0.39 is 7.12 Å². The molecule has 5 heteroatoms. The highest BCUT2D eigenvalue weighted by Gasteiger charge is 2.51. The third kappa shape index (κ3) is 2.43. The molecule has 0 radical (unpaired) electrons. The van der Waals surface area contributed by atoms with E-state index in [9.17, 15) is 0 Å². The van der Waals surface area contributed by atoms with Crippen molar-refractivity contribution in [2.75, 3.05) is 0 Å². The zero-order valence-corrected chi connectivity index (χ0v) is 21.0. The van der Waals surface area contributed by atoms with Crippen LogP contribution in [0.2, 0.25) is 0 Å². The molecule has 0 amide bonds. The summed E-state index contributed by atoms with van der Waals surface area (Å²) in [5.74, 6) is 0. The van der Waals surface area contributed by atoms with Gasteiger partial charge in [0.25, 0.3) is 0 Å². The average molecular weight is 473 g/mol. The van der Waals surface area contributed by atoms with E-state index in [4.69, 9.17) is 9.31 Å². The van der Waals surface area contributed by atoms with Gasteiger partial charge in [0.2, 0.25) is 0 Å². The summed E-state index contributed by atoms with van der Waals surface area (Å²) in [5, 5.41) is 7.77. The van der Waals surface area contributed by atoms with Crippen molar-refractivity contribution in [2.45, 2.75) is 38.9 Å². The second-order valence-corrected chi connectivity index (χ2v) is 11.9. The normalized spacial score (nSPS) is 17.9. The summed E-state index contributed by atoms with van der Waals surface area (Å²) < 4.78 is 18.0. The minimum Gasteiger partial charge on any atom is -0.399 e. The van der Waals surface area contributed by atoms with Crippen LogP contribution in [0.1, 0.15) is 27.7 Å². The van der Waals surface area contributed by atoms with E-state index in [1.807, 2.05) is 11.3 Å². The Morgan fingerprint density at radius 2 is 1.31 bits per heavy atom. The maximum absolute atomic E-state index is 6.49. The number of thiophene rings is 1. The van der Waals surface area contributed by atoms with Crippen molar-refractivity contribution in [3.8, 4) is 0 Å². The predicted octanol–water partition coefficient (Wildman–Crippen LogP) is 7.50. The zero-order valence-electron chi connectivity index (χ0n) is 20.2. The number of aromatic nitrogens is 1. The van der Waals surface area contributed by atoms with E-state index in [0.29, 0.717) is 0 Å². The maximum Gasteiger partial charge on any atom is 0.494 e. The number of rotatable bonds is 1. The molecule has 1 aliphatic heterocycles. The molecular weight excluding hydrogens is 449 g/mol. The Morgan fingerprint density at radius 1 is 0.657 bits per heavy atom. The molecule has 1 aliphatic rings. The first-order chi connectivity index (χ1) is 16.8. The number of para-hydroxylation sites is 2. The van der Waals surface area contributed by atoms with Crippen molar-refractivity contribution in [2.24, 2.45) is 0 Å². The molecule has 1 saturated heterocycles. The van der Waals surface area contributed by atoms with Gasteiger partial charge in [-0.1, -0.05) is 48.5 Å². The first kappa shape index (κ1) is 20.1.